The van der Waals surface area contributed by atoms with E-state index in [9.17, 15) is 9.59 Å². The number of carbonyl (C=O) groups excluding carboxylic acids is 2. The summed E-state index contributed by atoms with van der Waals surface area (Å²) in [4.78, 5) is 23.3. The normalized spacial score (nSPS) is 9.92. The smallest absolute Gasteiger partial charge is 0.337 e. The van der Waals surface area contributed by atoms with Crippen LogP contribution in [0.25, 0.3) is 0 Å². The Labute approximate surface area is 140 Å². The van der Waals surface area contributed by atoms with E-state index in [1.54, 1.807) is 36.4 Å². The fraction of sp³-hybridized carbons (Fsp3) is 0.222. The van der Waals surface area contributed by atoms with Crippen molar-refractivity contribution in [3.63, 3.8) is 0 Å². The van der Waals surface area contributed by atoms with Crippen molar-refractivity contribution in [2.24, 2.45) is 0 Å². The number of carbonyl (C=O) groups is 2. The topological polar surface area (TPSA) is 76.7 Å². The van der Waals surface area contributed by atoms with Crippen LogP contribution in [-0.2, 0) is 9.53 Å². The molecule has 0 aliphatic carbocycles. The van der Waals surface area contributed by atoms with Gasteiger partial charge in [-0.1, -0.05) is 6.07 Å². The van der Waals surface area contributed by atoms with Crippen LogP contribution in [0, 0.1) is 0 Å². The summed E-state index contributed by atoms with van der Waals surface area (Å²) in [6, 6.07) is 13.9. The van der Waals surface area contributed by atoms with Gasteiger partial charge in [-0.05, 0) is 43.3 Å². The molecule has 0 aliphatic rings. The molecule has 2 N–H and O–H groups in total. The van der Waals surface area contributed by atoms with Crippen LogP contribution in [0.5, 0.6) is 5.75 Å². The molecule has 0 saturated carbocycles. The average molecular weight is 328 g/mol. The fourth-order valence-corrected chi connectivity index (χ4v) is 2.06. The van der Waals surface area contributed by atoms with Gasteiger partial charge in [0, 0.05) is 17.4 Å². The van der Waals surface area contributed by atoms with Gasteiger partial charge < -0.3 is 20.1 Å². The average Bonchev–Trinajstić information content (AvgIpc) is 2.60. The molecule has 2 aromatic rings. The fourth-order valence-electron chi connectivity index (χ4n) is 2.06. The third-order valence-corrected chi connectivity index (χ3v) is 3.19. The minimum absolute atomic E-state index is 0.108. The van der Waals surface area contributed by atoms with Gasteiger partial charge in [-0.15, -0.1) is 0 Å². The van der Waals surface area contributed by atoms with Gasteiger partial charge >= 0.3 is 5.97 Å². The molecule has 0 aromatic heterocycles. The number of benzene rings is 2. The highest BCUT2D eigenvalue weighted by atomic mass is 16.5. The molecule has 0 spiro atoms. The number of hydrogen-bond donors (Lipinski definition) is 2. The number of nitrogens with one attached hydrogen (secondary N) is 2. The molecule has 2 aromatic carbocycles. The summed E-state index contributed by atoms with van der Waals surface area (Å²) in [5.41, 5.74) is 1.87. The molecule has 0 heterocycles. The quantitative estimate of drug-likeness (QED) is 0.764. The number of amides is 1. The van der Waals surface area contributed by atoms with Gasteiger partial charge in [-0.3, -0.25) is 4.79 Å². The molecule has 0 saturated heterocycles. The van der Waals surface area contributed by atoms with Crippen molar-refractivity contribution in [3.05, 3.63) is 54.1 Å². The first-order valence-electron chi connectivity index (χ1n) is 7.57. The first kappa shape index (κ1) is 17.3. The number of rotatable bonds is 7. The molecule has 1 amide bonds. The zero-order valence-corrected chi connectivity index (χ0v) is 13.7. The predicted molar refractivity (Wildman–Crippen MR) is 92.5 cm³/mol. The second-order valence-electron chi connectivity index (χ2n) is 4.93. The zero-order chi connectivity index (χ0) is 17.4. The van der Waals surface area contributed by atoms with E-state index >= 15 is 0 Å². The van der Waals surface area contributed by atoms with Gasteiger partial charge in [0.15, 0.2) is 0 Å². The van der Waals surface area contributed by atoms with Crippen LogP contribution >= 0.6 is 0 Å². The minimum Gasteiger partial charge on any atom is -0.494 e. The SMILES string of the molecule is CCOc1cccc(NC(=O)CNc2ccc(C(=O)OC)cc2)c1. The lowest BCUT2D eigenvalue weighted by Gasteiger charge is -2.09. The van der Waals surface area contributed by atoms with Crippen LogP contribution in [0.4, 0.5) is 11.4 Å². The molecule has 6 nitrogen and oxygen atoms in total. The Morgan fingerprint density at radius 1 is 1.04 bits per heavy atom. The van der Waals surface area contributed by atoms with Gasteiger partial charge in [-0.2, -0.15) is 0 Å². The summed E-state index contributed by atoms with van der Waals surface area (Å²) < 4.78 is 10.0. The van der Waals surface area contributed by atoms with E-state index in [0.29, 0.717) is 23.6 Å². The molecule has 24 heavy (non-hydrogen) atoms. The maximum absolute atomic E-state index is 12.0. The monoisotopic (exact) mass is 328 g/mol. The predicted octanol–water partition coefficient (Wildman–Crippen LogP) is 2.92. The Hall–Kier alpha value is -3.02. The van der Waals surface area contributed by atoms with Crippen molar-refractivity contribution < 1.29 is 19.1 Å². The largest absolute Gasteiger partial charge is 0.494 e. The Morgan fingerprint density at radius 3 is 2.46 bits per heavy atom. The standard InChI is InChI=1S/C18H20N2O4/c1-3-24-16-6-4-5-15(11-16)20-17(21)12-19-14-9-7-13(8-10-14)18(22)23-2/h4-11,19H,3,12H2,1-2H3,(H,20,21). The van der Waals surface area contributed by atoms with E-state index in [4.69, 9.17) is 4.74 Å². The van der Waals surface area contributed by atoms with Crippen LogP contribution in [0.2, 0.25) is 0 Å². The Morgan fingerprint density at radius 2 is 1.79 bits per heavy atom. The molecule has 6 heteroatoms. The molecule has 2 rings (SSSR count). The number of methoxy groups -OCH3 is 1. The highest BCUT2D eigenvalue weighted by Crippen LogP contribution is 2.17. The van der Waals surface area contributed by atoms with Crippen molar-refractivity contribution in [1.82, 2.24) is 0 Å². The summed E-state index contributed by atoms with van der Waals surface area (Å²) in [6.07, 6.45) is 0. The maximum Gasteiger partial charge on any atom is 0.337 e. The van der Waals surface area contributed by atoms with Crippen molar-refractivity contribution in [2.75, 3.05) is 30.9 Å². The van der Waals surface area contributed by atoms with Gasteiger partial charge in [-0.25, -0.2) is 4.79 Å². The second kappa shape index (κ2) is 8.57. The lowest BCUT2D eigenvalue weighted by molar-refractivity contribution is -0.114. The van der Waals surface area contributed by atoms with E-state index in [1.165, 1.54) is 7.11 Å². The van der Waals surface area contributed by atoms with Gasteiger partial charge in [0.2, 0.25) is 5.91 Å². The van der Waals surface area contributed by atoms with Crippen molar-refractivity contribution in [2.45, 2.75) is 6.92 Å². The summed E-state index contributed by atoms with van der Waals surface area (Å²) in [7, 11) is 1.33. The molecular weight excluding hydrogens is 308 g/mol. The molecule has 126 valence electrons. The third kappa shape index (κ3) is 5.01. The van der Waals surface area contributed by atoms with E-state index in [2.05, 4.69) is 15.4 Å². The molecule has 0 atom stereocenters. The van der Waals surface area contributed by atoms with E-state index < -0.39 is 5.97 Å². The van der Waals surface area contributed by atoms with Crippen molar-refractivity contribution in [1.29, 1.82) is 0 Å². The number of ether oxygens (including phenoxy) is 2. The Balaban J connectivity index is 1.86. The third-order valence-electron chi connectivity index (χ3n) is 3.19. The van der Waals surface area contributed by atoms with Crippen LogP contribution in [-0.4, -0.2) is 32.1 Å². The highest BCUT2D eigenvalue weighted by molar-refractivity contribution is 5.94. The summed E-state index contributed by atoms with van der Waals surface area (Å²) in [6.45, 7) is 2.58. The number of esters is 1. The van der Waals surface area contributed by atoms with Crippen LogP contribution in [0.1, 0.15) is 17.3 Å². The van der Waals surface area contributed by atoms with Crippen LogP contribution in [0.3, 0.4) is 0 Å². The van der Waals surface area contributed by atoms with Gasteiger partial charge in [0.25, 0.3) is 0 Å². The van der Waals surface area contributed by atoms with Crippen LogP contribution < -0.4 is 15.4 Å². The number of anilines is 2. The maximum atomic E-state index is 12.0. The van der Waals surface area contributed by atoms with E-state index in [-0.39, 0.29) is 12.5 Å². The summed E-state index contributed by atoms with van der Waals surface area (Å²) >= 11 is 0. The van der Waals surface area contributed by atoms with Crippen molar-refractivity contribution in [3.8, 4) is 5.75 Å². The van der Waals surface area contributed by atoms with E-state index in [1.807, 2.05) is 19.1 Å². The summed E-state index contributed by atoms with van der Waals surface area (Å²) in [5, 5.41) is 5.79. The van der Waals surface area contributed by atoms with Gasteiger partial charge in [0.05, 0.1) is 25.8 Å². The highest BCUT2D eigenvalue weighted by Gasteiger charge is 2.06. The zero-order valence-electron chi connectivity index (χ0n) is 13.7. The molecule has 0 fully saturated rings. The Kier molecular flexibility index (Phi) is 6.19. The van der Waals surface area contributed by atoms with Crippen LogP contribution in [0.15, 0.2) is 48.5 Å². The lowest BCUT2D eigenvalue weighted by Crippen LogP contribution is -2.21. The van der Waals surface area contributed by atoms with E-state index in [0.717, 1.165) is 5.69 Å². The molecule has 0 bridgehead atoms. The molecular formula is C18H20N2O4. The first-order valence-corrected chi connectivity index (χ1v) is 7.57. The van der Waals surface area contributed by atoms with Gasteiger partial charge in [0.1, 0.15) is 5.75 Å². The second-order valence-corrected chi connectivity index (χ2v) is 4.93. The number of hydrogen-bond acceptors (Lipinski definition) is 5. The molecule has 0 aliphatic heterocycles. The molecule has 0 unspecified atom stereocenters. The first-order chi connectivity index (χ1) is 11.6. The summed E-state index contributed by atoms with van der Waals surface area (Å²) in [5.74, 6) is 0.135. The minimum atomic E-state index is -0.395. The van der Waals surface area contributed by atoms with Crippen molar-refractivity contribution >= 4 is 23.3 Å². The lowest BCUT2D eigenvalue weighted by atomic mass is 10.2. The molecule has 0 radical (unpaired) electrons. The Bertz CT molecular complexity index is 698.